The van der Waals surface area contributed by atoms with Crippen LogP contribution in [0, 0.1) is 5.82 Å². The molecule has 27 heavy (non-hydrogen) atoms. The van der Waals surface area contributed by atoms with E-state index in [2.05, 4.69) is 10.3 Å². The highest BCUT2D eigenvalue weighted by Crippen LogP contribution is 2.44. The van der Waals surface area contributed by atoms with Crippen LogP contribution in [-0.2, 0) is 9.47 Å². The Morgan fingerprint density at radius 3 is 2.70 bits per heavy atom. The third kappa shape index (κ3) is 3.46. The lowest BCUT2D eigenvalue weighted by molar-refractivity contribution is 0.0950. The van der Waals surface area contributed by atoms with E-state index >= 15 is 0 Å². The van der Waals surface area contributed by atoms with E-state index in [0.717, 1.165) is 11.3 Å². The Morgan fingerprint density at radius 1 is 1.22 bits per heavy atom. The Hall–Kier alpha value is -1.99. The second-order valence-corrected chi connectivity index (χ2v) is 7.06. The molecule has 2 aromatic rings. The molecular formula is C19H16Cl2FN3O2. The van der Waals surface area contributed by atoms with Gasteiger partial charge in [-0.3, -0.25) is 9.98 Å². The molecular weight excluding hydrogens is 392 g/mol. The van der Waals surface area contributed by atoms with E-state index in [1.807, 2.05) is 6.92 Å². The van der Waals surface area contributed by atoms with E-state index < -0.39 is 11.9 Å². The molecule has 0 saturated carbocycles. The van der Waals surface area contributed by atoms with Crippen LogP contribution >= 0.6 is 23.2 Å². The van der Waals surface area contributed by atoms with Gasteiger partial charge in [0.15, 0.2) is 12.1 Å². The van der Waals surface area contributed by atoms with Gasteiger partial charge in [0.1, 0.15) is 23.7 Å². The van der Waals surface area contributed by atoms with E-state index in [1.54, 1.807) is 31.5 Å². The van der Waals surface area contributed by atoms with E-state index in [9.17, 15) is 4.39 Å². The van der Waals surface area contributed by atoms with Crippen molar-refractivity contribution in [2.75, 3.05) is 7.11 Å². The van der Waals surface area contributed by atoms with Crippen molar-refractivity contribution in [3.05, 3.63) is 74.9 Å². The summed E-state index contributed by atoms with van der Waals surface area (Å²) in [7, 11) is 1.58. The van der Waals surface area contributed by atoms with Gasteiger partial charge in [0.05, 0.1) is 5.02 Å². The summed E-state index contributed by atoms with van der Waals surface area (Å²) in [5, 5.41) is 4.01. The first-order valence-corrected chi connectivity index (χ1v) is 9.04. The molecule has 1 fully saturated rings. The van der Waals surface area contributed by atoms with E-state index in [0.29, 0.717) is 22.1 Å². The van der Waals surface area contributed by atoms with Gasteiger partial charge < -0.3 is 14.8 Å². The standard InChI is InChI=1S/C19H16Cl2FN3O2/c1-9-14(17-19(26-2)27-17)15(11-6-5-10(22)8-13(11)21)25-18(24-9)16-12(20)4-3-7-23-16/h3-8,15,17,19H,1-2H3,(H,24,25)/t15-,17?,19?/m0/s1. The van der Waals surface area contributed by atoms with Crippen LogP contribution in [0.4, 0.5) is 4.39 Å². The zero-order valence-corrected chi connectivity index (χ0v) is 16.1. The van der Waals surface area contributed by atoms with Crippen molar-refractivity contribution in [2.24, 2.45) is 4.99 Å². The summed E-state index contributed by atoms with van der Waals surface area (Å²) in [4.78, 5) is 9.11. The normalized spacial score (nSPS) is 24.5. The van der Waals surface area contributed by atoms with Crippen LogP contribution in [0.5, 0.6) is 0 Å². The molecule has 2 aliphatic heterocycles. The Kier molecular flexibility index (Phi) is 4.90. The molecule has 140 valence electrons. The Labute approximate surface area is 165 Å². The zero-order chi connectivity index (χ0) is 19.1. The first-order chi connectivity index (χ1) is 13.0. The van der Waals surface area contributed by atoms with Crippen LogP contribution in [0.15, 0.2) is 52.8 Å². The van der Waals surface area contributed by atoms with Crippen LogP contribution in [0.25, 0.3) is 0 Å². The lowest BCUT2D eigenvalue weighted by Gasteiger charge is -2.27. The average molecular weight is 408 g/mol. The van der Waals surface area contributed by atoms with E-state index in [-0.39, 0.29) is 17.4 Å². The Balaban J connectivity index is 1.82. The number of hydrogen-bond donors (Lipinski definition) is 1. The maximum atomic E-state index is 13.6. The molecule has 1 N–H and O–H groups in total. The van der Waals surface area contributed by atoms with Gasteiger partial charge in [-0.25, -0.2) is 4.39 Å². The fraction of sp³-hybridized carbons (Fsp3) is 0.263. The van der Waals surface area contributed by atoms with Gasteiger partial charge in [0, 0.05) is 29.6 Å². The summed E-state index contributed by atoms with van der Waals surface area (Å²) < 4.78 is 24.4. The first kappa shape index (κ1) is 18.4. The van der Waals surface area contributed by atoms with E-state index in [1.165, 1.54) is 12.1 Å². The third-order valence-electron chi connectivity index (χ3n) is 4.52. The number of benzene rings is 1. The number of methoxy groups -OCH3 is 1. The number of aromatic nitrogens is 1. The highest BCUT2D eigenvalue weighted by atomic mass is 35.5. The molecule has 0 amide bonds. The number of halogens is 3. The van der Waals surface area contributed by atoms with Crippen LogP contribution in [0.2, 0.25) is 10.0 Å². The molecule has 2 unspecified atom stereocenters. The van der Waals surface area contributed by atoms with Gasteiger partial charge in [-0.1, -0.05) is 29.3 Å². The number of epoxide rings is 1. The zero-order valence-electron chi connectivity index (χ0n) is 14.5. The molecule has 1 aromatic carbocycles. The number of pyridine rings is 1. The summed E-state index contributed by atoms with van der Waals surface area (Å²) in [6.45, 7) is 1.92. The number of amidine groups is 1. The van der Waals surface area contributed by atoms with Crippen molar-refractivity contribution < 1.29 is 13.9 Å². The summed E-state index contributed by atoms with van der Waals surface area (Å²) in [5.41, 5.74) is 2.92. The number of aliphatic imine (C=N–C) groups is 1. The van der Waals surface area contributed by atoms with Gasteiger partial charge in [-0.2, -0.15) is 0 Å². The number of nitrogens with zero attached hydrogens (tertiary/aromatic N) is 2. The molecule has 1 aromatic heterocycles. The highest BCUT2D eigenvalue weighted by molar-refractivity contribution is 6.34. The molecule has 0 bridgehead atoms. The monoisotopic (exact) mass is 407 g/mol. The van der Waals surface area contributed by atoms with Crippen molar-refractivity contribution >= 4 is 29.0 Å². The minimum atomic E-state index is -0.474. The van der Waals surface area contributed by atoms with Crippen molar-refractivity contribution in [1.82, 2.24) is 10.3 Å². The highest BCUT2D eigenvalue weighted by Gasteiger charge is 2.47. The third-order valence-corrected chi connectivity index (χ3v) is 5.15. The van der Waals surface area contributed by atoms with Crippen molar-refractivity contribution in [1.29, 1.82) is 0 Å². The molecule has 0 radical (unpaired) electrons. The number of rotatable bonds is 4. The second-order valence-electron chi connectivity index (χ2n) is 6.25. The molecule has 1 saturated heterocycles. The molecule has 2 aliphatic rings. The second kappa shape index (κ2) is 7.20. The van der Waals surface area contributed by atoms with Gasteiger partial charge >= 0.3 is 0 Å². The molecule has 0 spiro atoms. The maximum Gasteiger partial charge on any atom is 0.188 e. The summed E-state index contributed by atoms with van der Waals surface area (Å²) in [6, 6.07) is 7.29. The topological polar surface area (TPSA) is 59.0 Å². The number of nitrogens with one attached hydrogen (secondary N) is 1. The maximum absolute atomic E-state index is 13.6. The van der Waals surface area contributed by atoms with Gasteiger partial charge in [-0.15, -0.1) is 0 Å². The summed E-state index contributed by atoms with van der Waals surface area (Å²) in [6.07, 6.45) is 1.05. The fourth-order valence-corrected chi connectivity index (χ4v) is 3.68. The predicted octanol–water partition coefficient (Wildman–Crippen LogP) is 4.26. The minimum Gasteiger partial charge on any atom is -0.353 e. The van der Waals surface area contributed by atoms with E-state index in [4.69, 9.17) is 37.7 Å². The quantitative estimate of drug-likeness (QED) is 0.768. The average Bonchev–Trinajstić information content (AvgIpc) is 3.41. The molecule has 4 rings (SSSR count). The van der Waals surface area contributed by atoms with Crippen LogP contribution < -0.4 is 5.32 Å². The van der Waals surface area contributed by atoms with Crippen molar-refractivity contribution in [3.8, 4) is 0 Å². The fourth-order valence-electron chi connectivity index (χ4n) is 3.19. The molecule has 0 aliphatic carbocycles. The Bertz CT molecular complexity index is 964. The SMILES string of the molecule is COC1OC1C1=C(C)NC(c2ncccc2Cl)=N[C@H]1c1ccc(F)cc1Cl. The van der Waals surface area contributed by atoms with Crippen molar-refractivity contribution in [3.63, 3.8) is 0 Å². The minimum absolute atomic E-state index is 0.252. The van der Waals surface area contributed by atoms with Gasteiger partial charge in [0.2, 0.25) is 0 Å². The van der Waals surface area contributed by atoms with Crippen LogP contribution in [-0.4, -0.2) is 30.3 Å². The summed E-state index contributed by atoms with van der Waals surface area (Å²) >= 11 is 12.6. The largest absolute Gasteiger partial charge is 0.353 e. The van der Waals surface area contributed by atoms with Crippen molar-refractivity contribution in [2.45, 2.75) is 25.4 Å². The first-order valence-electron chi connectivity index (χ1n) is 8.29. The van der Waals surface area contributed by atoms with Crippen LogP contribution in [0.1, 0.15) is 24.2 Å². The summed E-state index contributed by atoms with van der Waals surface area (Å²) in [5.74, 6) is 0.108. The molecule has 3 atom stereocenters. The number of allylic oxidation sites excluding steroid dienone is 1. The lowest BCUT2D eigenvalue weighted by atomic mass is 9.93. The predicted molar refractivity (Wildman–Crippen MR) is 101 cm³/mol. The number of ether oxygens (including phenoxy) is 2. The van der Waals surface area contributed by atoms with Gasteiger partial charge in [0.25, 0.3) is 0 Å². The Morgan fingerprint density at radius 2 is 2.04 bits per heavy atom. The van der Waals surface area contributed by atoms with Gasteiger partial charge in [-0.05, 0) is 36.8 Å². The smallest absolute Gasteiger partial charge is 0.188 e. The van der Waals surface area contributed by atoms with Crippen LogP contribution in [0.3, 0.4) is 0 Å². The lowest BCUT2D eigenvalue weighted by Crippen LogP contribution is -2.32. The molecule has 8 heteroatoms. The number of hydrogen-bond acceptors (Lipinski definition) is 5. The molecule has 3 heterocycles. The molecule has 5 nitrogen and oxygen atoms in total.